The highest BCUT2D eigenvalue weighted by Crippen LogP contribution is 2.32. The van der Waals surface area contributed by atoms with E-state index in [0.717, 1.165) is 24.9 Å². The van der Waals surface area contributed by atoms with Crippen molar-refractivity contribution in [1.82, 2.24) is 9.80 Å². The lowest BCUT2D eigenvalue weighted by molar-refractivity contribution is -0.144. The van der Waals surface area contributed by atoms with E-state index in [0.29, 0.717) is 19.2 Å². The zero-order chi connectivity index (χ0) is 15.2. The summed E-state index contributed by atoms with van der Waals surface area (Å²) in [5, 5.41) is 0. The molecular formula is C17H32N2O2. The smallest absolute Gasteiger partial charge is 0.320 e. The summed E-state index contributed by atoms with van der Waals surface area (Å²) < 4.78 is 5.04. The molecule has 0 aromatic rings. The molecule has 2 heterocycles. The first kappa shape index (κ1) is 16.8. The van der Waals surface area contributed by atoms with Gasteiger partial charge in [0.2, 0.25) is 0 Å². The minimum absolute atomic E-state index is 0.0683. The molecule has 0 atom stereocenters. The van der Waals surface area contributed by atoms with E-state index in [1.165, 1.54) is 38.8 Å². The second kappa shape index (κ2) is 8.14. The maximum absolute atomic E-state index is 11.5. The molecule has 4 nitrogen and oxygen atoms in total. The molecule has 0 aromatic carbocycles. The van der Waals surface area contributed by atoms with Crippen molar-refractivity contribution in [2.24, 2.45) is 11.8 Å². The van der Waals surface area contributed by atoms with Gasteiger partial charge in [0.1, 0.15) is 0 Å². The quantitative estimate of drug-likeness (QED) is 0.729. The molecule has 0 radical (unpaired) electrons. The van der Waals surface area contributed by atoms with Crippen LogP contribution in [0.15, 0.2) is 0 Å². The Morgan fingerprint density at radius 1 is 1.05 bits per heavy atom. The summed E-state index contributed by atoms with van der Waals surface area (Å²) in [5.74, 6) is 1.71. The fourth-order valence-electron chi connectivity index (χ4n) is 3.88. The van der Waals surface area contributed by atoms with Crippen LogP contribution in [0, 0.1) is 11.8 Å². The van der Waals surface area contributed by atoms with Crippen LogP contribution in [-0.2, 0) is 9.53 Å². The molecule has 0 aliphatic carbocycles. The predicted octanol–water partition coefficient (Wildman–Crippen LogP) is 2.38. The lowest BCUT2D eigenvalue weighted by Crippen LogP contribution is -2.43. The standard InChI is InChI=1S/C17H32N2O2/c1-4-21-17(20)13-18-9-5-15(6-10-18)16-7-11-19(12-8-16)14(2)3/h14-16H,4-13H2,1-3H3. The maximum atomic E-state index is 11.5. The van der Waals surface area contributed by atoms with Gasteiger partial charge in [0.25, 0.3) is 0 Å². The van der Waals surface area contributed by atoms with Gasteiger partial charge in [-0.25, -0.2) is 0 Å². The Morgan fingerprint density at radius 3 is 2.05 bits per heavy atom. The van der Waals surface area contributed by atoms with Crippen molar-refractivity contribution in [2.75, 3.05) is 39.3 Å². The molecule has 2 aliphatic heterocycles. The minimum Gasteiger partial charge on any atom is -0.465 e. The third-order valence-corrected chi connectivity index (χ3v) is 5.26. The predicted molar refractivity (Wildman–Crippen MR) is 85.2 cm³/mol. The van der Waals surface area contributed by atoms with Crippen LogP contribution >= 0.6 is 0 Å². The van der Waals surface area contributed by atoms with E-state index in [9.17, 15) is 4.79 Å². The first-order chi connectivity index (χ1) is 10.1. The molecule has 2 saturated heterocycles. The maximum Gasteiger partial charge on any atom is 0.320 e. The fraction of sp³-hybridized carbons (Fsp3) is 0.941. The van der Waals surface area contributed by atoms with Crippen molar-refractivity contribution in [1.29, 1.82) is 0 Å². The van der Waals surface area contributed by atoms with Gasteiger partial charge in [0, 0.05) is 6.04 Å². The highest BCUT2D eigenvalue weighted by Gasteiger charge is 2.30. The van der Waals surface area contributed by atoms with E-state index in [-0.39, 0.29) is 5.97 Å². The number of carbonyl (C=O) groups is 1. The third kappa shape index (κ3) is 4.96. The van der Waals surface area contributed by atoms with E-state index in [1.54, 1.807) is 0 Å². The zero-order valence-electron chi connectivity index (χ0n) is 14.0. The number of carbonyl (C=O) groups excluding carboxylic acids is 1. The Labute approximate surface area is 129 Å². The van der Waals surface area contributed by atoms with Crippen molar-refractivity contribution in [3.05, 3.63) is 0 Å². The van der Waals surface area contributed by atoms with Crippen molar-refractivity contribution < 1.29 is 9.53 Å². The summed E-state index contributed by atoms with van der Waals surface area (Å²) in [6, 6.07) is 0.692. The second-order valence-electron chi connectivity index (χ2n) is 6.89. The van der Waals surface area contributed by atoms with E-state index >= 15 is 0 Å². The number of ether oxygens (including phenoxy) is 1. The van der Waals surface area contributed by atoms with E-state index < -0.39 is 0 Å². The largest absolute Gasteiger partial charge is 0.465 e. The normalized spacial score (nSPS) is 23.6. The van der Waals surface area contributed by atoms with Gasteiger partial charge in [-0.2, -0.15) is 0 Å². The van der Waals surface area contributed by atoms with E-state index in [2.05, 4.69) is 23.6 Å². The summed E-state index contributed by atoms with van der Waals surface area (Å²) in [6.07, 6.45) is 5.24. The average Bonchev–Trinajstić information content (AvgIpc) is 2.48. The topological polar surface area (TPSA) is 32.8 Å². The Morgan fingerprint density at radius 2 is 1.57 bits per heavy atom. The highest BCUT2D eigenvalue weighted by atomic mass is 16.5. The second-order valence-corrected chi connectivity index (χ2v) is 6.89. The molecule has 0 aromatic heterocycles. The first-order valence-corrected chi connectivity index (χ1v) is 8.72. The molecule has 2 fully saturated rings. The highest BCUT2D eigenvalue weighted by molar-refractivity contribution is 5.71. The number of piperidine rings is 2. The summed E-state index contributed by atoms with van der Waals surface area (Å²) in [4.78, 5) is 16.4. The number of nitrogens with zero attached hydrogens (tertiary/aromatic N) is 2. The number of likely N-dealkylation sites (tertiary alicyclic amines) is 2. The van der Waals surface area contributed by atoms with Crippen molar-refractivity contribution in [3.8, 4) is 0 Å². The van der Waals surface area contributed by atoms with Gasteiger partial charge in [0.15, 0.2) is 0 Å². The minimum atomic E-state index is -0.0683. The van der Waals surface area contributed by atoms with Crippen LogP contribution in [0.5, 0.6) is 0 Å². The molecule has 4 heteroatoms. The lowest BCUT2D eigenvalue weighted by atomic mass is 9.78. The molecule has 2 aliphatic rings. The first-order valence-electron chi connectivity index (χ1n) is 8.72. The molecule has 0 spiro atoms. The van der Waals surface area contributed by atoms with Crippen molar-refractivity contribution >= 4 is 5.97 Å². The Bertz CT molecular complexity index is 317. The van der Waals surface area contributed by atoms with Gasteiger partial charge in [-0.1, -0.05) is 0 Å². The van der Waals surface area contributed by atoms with Crippen LogP contribution in [0.4, 0.5) is 0 Å². The summed E-state index contributed by atoms with van der Waals surface area (Å²) in [6.45, 7) is 12.1. The van der Waals surface area contributed by atoms with Crippen LogP contribution in [-0.4, -0.2) is 61.1 Å². The molecule has 122 valence electrons. The van der Waals surface area contributed by atoms with Gasteiger partial charge >= 0.3 is 5.97 Å². The van der Waals surface area contributed by atoms with Crippen molar-refractivity contribution in [2.45, 2.75) is 52.5 Å². The molecule has 21 heavy (non-hydrogen) atoms. The van der Waals surface area contributed by atoms with Crippen molar-refractivity contribution in [3.63, 3.8) is 0 Å². The van der Waals surface area contributed by atoms with Gasteiger partial charge in [-0.3, -0.25) is 9.69 Å². The van der Waals surface area contributed by atoms with Crippen LogP contribution < -0.4 is 0 Å². The Hall–Kier alpha value is -0.610. The monoisotopic (exact) mass is 296 g/mol. The molecule has 0 bridgehead atoms. The molecule has 2 rings (SSSR count). The van der Waals surface area contributed by atoms with Gasteiger partial charge in [-0.15, -0.1) is 0 Å². The van der Waals surface area contributed by atoms with E-state index in [4.69, 9.17) is 4.74 Å². The molecule has 0 unspecified atom stereocenters. The third-order valence-electron chi connectivity index (χ3n) is 5.26. The molecule has 0 amide bonds. The lowest BCUT2D eigenvalue weighted by Gasteiger charge is -2.41. The fourth-order valence-corrected chi connectivity index (χ4v) is 3.88. The molecule has 0 N–H and O–H groups in total. The number of rotatable bonds is 5. The van der Waals surface area contributed by atoms with Gasteiger partial charge < -0.3 is 9.64 Å². The Balaban J connectivity index is 1.68. The molecule has 0 saturated carbocycles. The average molecular weight is 296 g/mol. The summed E-state index contributed by atoms with van der Waals surface area (Å²) >= 11 is 0. The summed E-state index contributed by atoms with van der Waals surface area (Å²) in [7, 11) is 0. The zero-order valence-corrected chi connectivity index (χ0v) is 14.0. The van der Waals surface area contributed by atoms with Crippen LogP contribution in [0.1, 0.15) is 46.5 Å². The SMILES string of the molecule is CCOC(=O)CN1CCC(C2CCN(C(C)C)CC2)CC1. The number of hydrogen-bond donors (Lipinski definition) is 0. The number of hydrogen-bond acceptors (Lipinski definition) is 4. The molecular weight excluding hydrogens is 264 g/mol. The van der Waals surface area contributed by atoms with Gasteiger partial charge in [-0.05, 0) is 84.5 Å². The number of esters is 1. The van der Waals surface area contributed by atoms with Crippen LogP contribution in [0.25, 0.3) is 0 Å². The summed E-state index contributed by atoms with van der Waals surface area (Å²) in [5.41, 5.74) is 0. The van der Waals surface area contributed by atoms with E-state index in [1.807, 2.05) is 6.92 Å². The van der Waals surface area contributed by atoms with Crippen LogP contribution in [0.2, 0.25) is 0 Å². The van der Waals surface area contributed by atoms with Crippen LogP contribution in [0.3, 0.4) is 0 Å². The van der Waals surface area contributed by atoms with Gasteiger partial charge in [0.05, 0.1) is 13.2 Å². The Kier molecular flexibility index (Phi) is 6.49.